The van der Waals surface area contributed by atoms with Crippen LogP contribution >= 0.6 is 15.9 Å². The number of hydrogen-bond acceptors (Lipinski definition) is 2. The third-order valence-corrected chi connectivity index (χ3v) is 3.03. The summed E-state index contributed by atoms with van der Waals surface area (Å²) in [5.74, 6) is -2.93. The molecule has 0 aliphatic carbocycles. The molecular formula is C12H12BrF2N3. The van der Waals surface area contributed by atoms with Gasteiger partial charge in [0, 0.05) is 10.0 Å². The molecule has 0 radical (unpaired) electrons. The summed E-state index contributed by atoms with van der Waals surface area (Å²) in [6.07, 6.45) is 2.95. The maximum Gasteiger partial charge on any atom is 0.277 e. The molecule has 2 aromatic rings. The van der Waals surface area contributed by atoms with Crippen molar-refractivity contribution in [1.82, 2.24) is 9.55 Å². The molecule has 0 spiro atoms. The van der Waals surface area contributed by atoms with Crippen LogP contribution in [0.25, 0.3) is 11.3 Å². The predicted octanol–water partition coefficient (Wildman–Crippen LogP) is 2.91. The molecular weight excluding hydrogens is 304 g/mol. The minimum atomic E-state index is -2.93. The Bertz CT molecular complexity index is 540. The molecule has 0 aliphatic heterocycles. The third-order valence-electron chi connectivity index (χ3n) is 2.53. The summed E-state index contributed by atoms with van der Waals surface area (Å²) in [4.78, 5) is 3.92. The summed E-state index contributed by atoms with van der Waals surface area (Å²) in [6.45, 7) is -1.14. The van der Waals surface area contributed by atoms with Crippen molar-refractivity contribution in [2.75, 3.05) is 6.54 Å². The normalized spacial score (nSPS) is 11.8. The van der Waals surface area contributed by atoms with Gasteiger partial charge in [-0.1, -0.05) is 28.1 Å². The maximum atomic E-state index is 13.3. The van der Waals surface area contributed by atoms with Crippen molar-refractivity contribution in [2.24, 2.45) is 5.73 Å². The molecule has 0 saturated heterocycles. The molecule has 1 heterocycles. The summed E-state index contributed by atoms with van der Waals surface area (Å²) in [6, 6.07) is 7.42. The molecule has 1 aromatic carbocycles. The summed E-state index contributed by atoms with van der Waals surface area (Å²) in [7, 11) is 0. The van der Waals surface area contributed by atoms with Crippen LogP contribution in [-0.4, -0.2) is 22.0 Å². The van der Waals surface area contributed by atoms with E-state index in [-0.39, 0.29) is 0 Å². The fourth-order valence-electron chi connectivity index (χ4n) is 1.65. The van der Waals surface area contributed by atoms with E-state index < -0.39 is 19.0 Å². The fourth-order valence-corrected chi connectivity index (χ4v) is 2.05. The Morgan fingerprint density at radius 2 is 2.17 bits per heavy atom. The Morgan fingerprint density at radius 1 is 1.39 bits per heavy atom. The second-order valence-electron chi connectivity index (χ2n) is 3.98. The van der Waals surface area contributed by atoms with E-state index in [9.17, 15) is 8.78 Å². The van der Waals surface area contributed by atoms with E-state index in [1.165, 1.54) is 10.9 Å². The lowest BCUT2D eigenvalue weighted by molar-refractivity contribution is -0.00624. The van der Waals surface area contributed by atoms with Crippen LogP contribution in [0.15, 0.2) is 41.3 Å². The van der Waals surface area contributed by atoms with Gasteiger partial charge in [0.25, 0.3) is 5.92 Å². The Morgan fingerprint density at radius 3 is 2.83 bits per heavy atom. The first-order valence-corrected chi connectivity index (χ1v) is 6.15. The molecule has 18 heavy (non-hydrogen) atoms. The molecule has 0 bridgehead atoms. The van der Waals surface area contributed by atoms with E-state index >= 15 is 0 Å². The Kier molecular flexibility index (Phi) is 3.77. The van der Waals surface area contributed by atoms with Crippen LogP contribution in [0, 0.1) is 0 Å². The van der Waals surface area contributed by atoms with Gasteiger partial charge in [0.1, 0.15) is 0 Å². The first-order chi connectivity index (χ1) is 8.52. The van der Waals surface area contributed by atoms with Gasteiger partial charge in [-0.2, -0.15) is 0 Å². The highest BCUT2D eigenvalue weighted by Crippen LogP contribution is 2.25. The van der Waals surface area contributed by atoms with Gasteiger partial charge in [-0.3, -0.25) is 0 Å². The first-order valence-electron chi connectivity index (χ1n) is 5.36. The first kappa shape index (κ1) is 13.2. The lowest BCUT2D eigenvalue weighted by atomic mass is 10.1. The van der Waals surface area contributed by atoms with Gasteiger partial charge >= 0.3 is 0 Å². The van der Waals surface area contributed by atoms with Gasteiger partial charge < -0.3 is 10.3 Å². The van der Waals surface area contributed by atoms with E-state index in [1.54, 1.807) is 6.20 Å². The van der Waals surface area contributed by atoms with Gasteiger partial charge in [0.2, 0.25) is 0 Å². The minimum absolute atomic E-state index is 0.467. The van der Waals surface area contributed by atoms with Crippen molar-refractivity contribution >= 4 is 15.9 Å². The Balaban J connectivity index is 2.33. The molecule has 1 aromatic heterocycles. The lowest BCUT2D eigenvalue weighted by Crippen LogP contribution is -2.32. The van der Waals surface area contributed by atoms with E-state index in [0.717, 1.165) is 10.0 Å². The SMILES string of the molecule is NCC(F)(F)Cn1cncc1-c1cccc(Br)c1. The summed E-state index contributed by atoms with van der Waals surface area (Å²) < 4.78 is 28.9. The second-order valence-corrected chi connectivity index (χ2v) is 4.89. The van der Waals surface area contributed by atoms with E-state index in [1.807, 2.05) is 24.3 Å². The quantitative estimate of drug-likeness (QED) is 0.942. The number of rotatable bonds is 4. The van der Waals surface area contributed by atoms with Crippen molar-refractivity contribution < 1.29 is 8.78 Å². The third kappa shape index (κ3) is 2.94. The Hall–Kier alpha value is -1.27. The smallest absolute Gasteiger partial charge is 0.277 e. The molecule has 96 valence electrons. The number of halogens is 3. The maximum absolute atomic E-state index is 13.3. The molecule has 2 N–H and O–H groups in total. The van der Waals surface area contributed by atoms with Gasteiger partial charge in [0.05, 0.1) is 31.3 Å². The van der Waals surface area contributed by atoms with Crippen molar-refractivity contribution in [3.63, 3.8) is 0 Å². The van der Waals surface area contributed by atoms with E-state index in [4.69, 9.17) is 5.73 Å². The average Bonchev–Trinajstić information content (AvgIpc) is 2.76. The van der Waals surface area contributed by atoms with Gasteiger partial charge in [0.15, 0.2) is 0 Å². The van der Waals surface area contributed by atoms with Gasteiger partial charge in [-0.15, -0.1) is 0 Å². The van der Waals surface area contributed by atoms with Crippen LogP contribution in [0.2, 0.25) is 0 Å². The Labute approximate surface area is 112 Å². The highest BCUT2D eigenvalue weighted by Gasteiger charge is 2.28. The average molecular weight is 316 g/mol. The fraction of sp³-hybridized carbons (Fsp3) is 0.250. The monoisotopic (exact) mass is 315 g/mol. The molecule has 2 rings (SSSR count). The molecule has 0 amide bonds. The summed E-state index contributed by atoms with van der Waals surface area (Å²) >= 11 is 3.35. The van der Waals surface area contributed by atoms with Crippen molar-refractivity contribution in [3.05, 3.63) is 41.3 Å². The number of nitrogens with two attached hydrogens (primary N) is 1. The van der Waals surface area contributed by atoms with Gasteiger partial charge in [-0.05, 0) is 12.1 Å². The second kappa shape index (κ2) is 5.16. The molecule has 6 heteroatoms. The molecule has 0 atom stereocenters. The number of nitrogens with zero attached hydrogens (tertiary/aromatic N) is 2. The number of benzene rings is 1. The topological polar surface area (TPSA) is 43.8 Å². The van der Waals surface area contributed by atoms with Crippen LogP contribution < -0.4 is 5.73 Å². The number of hydrogen-bond donors (Lipinski definition) is 1. The molecule has 3 nitrogen and oxygen atoms in total. The van der Waals surface area contributed by atoms with Gasteiger partial charge in [-0.25, -0.2) is 13.8 Å². The zero-order valence-electron chi connectivity index (χ0n) is 9.48. The minimum Gasteiger partial charge on any atom is -0.325 e. The lowest BCUT2D eigenvalue weighted by Gasteiger charge is -2.16. The van der Waals surface area contributed by atoms with Crippen LogP contribution in [0.1, 0.15) is 0 Å². The van der Waals surface area contributed by atoms with Crippen LogP contribution in [0.3, 0.4) is 0 Å². The van der Waals surface area contributed by atoms with E-state index in [2.05, 4.69) is 20.9 Å². The highest BCUT2D eigenvalue weighted by molar-refractivity contribution is 9.10. The van der Waals surface area contributed by atoms with Crippen molar-refractivity contribution in [1.29, 1.82) is 0 Å². The zero-order valence-corrected chi connectivity index (χ0v) is 11.1. The number of imidazole rings is 1. The molecule has 0 unspecified atom stereocenters. The standard InChI is InChI=1S/C12H12BrF2N3/c13-10-3-1-2-9(4-10)11-5-17-8-18(11)7-12(14,15)6-16/h1-5,8H,6-7,16H2. The molecule has 0 fully saturated rings. The van der Waals surface area contributed by atoms with Crippen LogP contribution in [0.4, 0.5) is 8.78 Å². The predicted molar refractivity (Wildman–Crippen MR) is 69.4 cm³/mol. The largest absolute Gasteiger partial charge is 0.325 e. The number of aromatic nitrogens is 2. The van der Waals surface area contributed by atoms with Crippen LogP contribution in [-0.2, 0) is 6.54 Å². The van der Waals surface area contributed by atoms with Crippen molar-refractivity contribution in [3.8, 4) is 11.3 Å². The highest BCUT2D eigenvalue weighted by atomic mass is 79.9. The van der Waals surface area contributed by atoms with E-state index in [0.29, 0.717) is 5.69 Å². The van der Waals surface area contributed by atoms with Crippen LogP contribution in [0.5, 0.6) is 0 Å². The molecule has 0 aliphatic rings. The molecule has 0 saturated carbocycles. The summed E-state index contributed by atoms with van der Waals surface area (Å²) in [5, 5.41) is 0. The summed E-state index contributed by atoms with van der Waals surface area (Å²) in [5.41, 5.74) is 6.52. The zero-order chi connectivity index (χ0) is 13.2. The van der Waals surface area contributed by atoms with Crippen molar-refractivity contribution in [2.45, 2.75) is 12.5 Å². The number of alkyl halides is 2.